The van der Waals surface area contributed by atoms with Gasteiger partial charge in [0.1, 0.15) is 0 Å². The van der Waals surface area contributed by atoms with E-state index in [1.807, 2.05) is 0 Å². The van der Waals surface area contributed by atoms with E-state index in [0.29, 0.717) is 16.0 Å². The van der Waals surface area contributed by atoms with Gasteiger partial charge in [0, 0.05) is 10.0 Å². The zero-order chi connectivity index (χ0) is 9.42. The van der Waals surface area contributed by atoms with Crippen LogP contribution in [0.1, 0.15) is 5.56 Å². The van der Waals surface area contributed by atoms with Crippen LogP contribution in [0.4, 0.5) is 8.78 Å². The van der Waals surface area contributed by atoms with Gasteiger partial charge in [0.25, 0.3) is 0 Å². The highest BCUT2D eigenvalue weighted by Crippen LogP contribution is 2.39. The van der Waals surface area contributed by atoms with Gasteiger partial charge < -0.3 is 9.47 Å². The summed E-state index contributed by atoms with van der Waals surface area (Å²) in [7, 11) is 0. The first kappa shape index (κ1) is 8.74. The molecule has 0 bridgehead atoms. The average molecular weight is 250 g/mol. The smallest absolute Gasteiger partial charge is 0.341 e. The van der Waals surface area contributed by atoms with Crippen LogP contribution in [0.2, 0.25) is 0 Å². The topological polar surface area (TPSA) is 18.5 Å². The van der Waals surface area contributed by atoms with E-state index in [-0.39, 0.29) is 12.4 Å². The van der Waals surface area contributed by atoms with Gasteiger partial charge in [-0.15, -0.1) is 0 Å². The summed E-state index contributed by atoms with van der Waals surface area (Å²) in [5.74, 6) is 0.836. The first-order chi connectivity index (χ1) is 6.18. The molecule has 13 heavy (non-hydrogen) atoms. The Morgan fingerprint density at radius 1 is 1.23 bits per heavy atom. The summed E-state index contributed by atoms with van der Waals surface area (Å²) in [6.45, 7) is 0.0825. The van der Waals surface area contributed by atoms with Crippen LogP contribution >= 0.6 is 15.9 Å². The lowest BCUT2D eigenvalue weighted by molar-refractivity contribution is 0.174. The van der Waals surface area contributed by atoms with Crippen molar-refractivity contribution in [2.45, 2.75) is 0 Å². The molecular weight excluding hydrogens is 246 g/mol. The average Bonchev–Trinajstić information content (AvgIpc) is 2.48. The van der Waals surface area contributed by atoms with Crippen molar-refractivity contribution >= 4 is 15.9 Å². The summed E-state index contributed by atoms with van der Waals surface area (Å²) >= 11 is 3.01. The second kappa shape index (κ2) is 3.14. The van der Waals surface area contributed by atoms with Crippen molar-refractivity contribution < 1.29 is 18.3 Å². The first-order valence-corrected chi connectivity index (χ1v) is 4.25. The quantitative estimate of drug-likeness (QED) is 0.762. The van der Waals surface area contributed by atoms with Gasteiger partial charge >= 0.3 is 6.43 Å². The van der Waals surface area contributed by atoms with Gasteiger partial charge in [0.15, 0.2) is 11.5 Å². The molecule has 0 atom stereocenters. The molecule has 0 amide bonds. The van der Waals surface area contributed by atoms with E-state index in [1.165, 1.54) is 12.1 Å². The molecule has 0 saturated heterocycles. The minimum Gasteiger partial charge on any atom is -0.454 e. The lowest BCUT2D eigenvalue weighted by Gasteiger charge is -2.03. The Morgan fingerprint density at radius 3 is 2.46 bits per heavy atom. The Kier molecular flexibility index (Phi) is 2.11. The van der Waals surface area contributed by atoms with Crippen molar-refractivity contribution in [1.29, 1.82) is 0 Å². The van der Waals surface area contributed by atoms with Crippen LogP contribution in [-0.4, -0.2) is 6.79 Å². The molecule has 0 fully saturated rings. The molecule has 5 heteroatoms. The third-order valence-corrected chi connectivity index (χ3v) is 2.32. The predicted octanol–water partition coefficient (Wildman–Crippen LogP) is 2.95. The van der Waals surface area contributed by atoms with Crippen LogP contribution in [0.3, 0.4) is 0 Å². The van der Waals surface area contributed by atoms with Crippen molar-refractivity contribution in [3.8, 4) is 11.5 Å². The molecule has 1 aromatic rings. The maximum Gasteiger partial charge on any atom is 0.341 e. The molecule has 69 valence electrons. The lowest BCUT2D eigenvalue weighted by atomic mass is 10.2. The normalized spacial score (nSPS) is 13.8. The molecule has 0 unspecified atom stereocenters. The molecule has 0 N–H and O–H groups in total. The van der Waals surface area contributed by atoms with Gasteiger partial charge in [-0.3, -0.25) is 0 Å². The van der Waals surface area contributed by atoms with Crippen LogP contribution in [0.5, 0.6) is 11.5 Å². The highest BCUT2D eigenvalue weighted by Gasteiger charge is 2.21. The zero-order valence-corrected chi connectivity index (χ0v) is 7.90. The molecule has 2 nitrogen and oxygen atoms in total. The molecule has 0 spiro atoms. The molecule has 2 rings (SSSR count). The van der Waals surface area contributed by atoms with Gasteiger partial charge in [-0.25, -0.2) is 0 Å². The molecule has 0 aromatic heterocycles. The van der Waals surface area contributed by atoms with Crippen LogP contribution in [0.15, 0.2) is 16.6 Å². The van der Waals surface area contributed by atoms with Crippen molar-refractivity contribution in [1.82, 2.24) is 0 Å². The summed E-state index contributed by atoms with van der Waals surface area (Å²) in [6, 6.07) is 2.72. The molecule has 1 aliphatic rings. The van der Waals surface area contributed by atoms with Gasteiger partial charge in [-0.1, -0.05) is 15.9 Å². The summed E-state index contributed by atoms with van der Waals surface area (Å²) in [5, 5.41) is 0. The SMILES string of the molecule is F[C](F)c1cc2c(cc1Br)OCO2. The molecule has 0 aliphatic carbocycles. The first-order valence-electron chi connectivity index (χ1n) is 3.46. The maximum atomic E-state index is 12.3. The fraction of sp³-hybridized carbons (Fsp3) is 0.125. The van der Waals surface area contributed by atoms with Gasteiger partial charge in [-0.2, -0.15) is 8.78 Å². The van der Waals surface area contributed by atoms with E-state index < -0.39 is 6.43 Å². The van der Waals surface area contributed by atoms with Crippen molar-refractivity contribution in [3.63, 3.8) is 0 Å². The van der Waals surface area contributed by atoms with Gasteiger partial charge in [0.2, 0.25) is 6.79 Å². The summed E-state index contributed by atoms with van der Waals surface area (Å²) in [6.07, 6.45) is -1.75. The third-order valence-electron chi connectivity index (χ3n) is 1.67. The standard InChI is InChI=1S/C8H4BrF2O2/c9-5-2-7-6(12-3-13-7)1-4(5)8(10)11/h1-2H,3H2. The summed E-state index contributed by atoms with van der Waals surface area (Å²) < 4.78 is 34.8. The molecule has 1 radical (unpaired) electrons. The largest absolute Gasteiger partial charge is 0.454 e. The number of hydrogen-bond donors (Lipinski definition) is 0. The summed E-state index contributed by atoms with van der Waals surface area (Å²) in [5.41, 5.74) is -0.163. The molecule has 1 aliphatic heterocycles. The third kappa shape index (κ3) is 1.48. The Labute approximate surface area is 81.6 Å². The van der Waals surface area contributed by atoms with E-state index in [4.69, 9.17) is 9.47 Å². The molecule has 1 aromatic carbocycles. The minimum absolute atomic E-state index is 0.0825. The predicted molar refractivity (Wildman–Crippen MR) is 44.8 cm³/mol. The second-order valence-electron chi connectivity index (χ2n) is 2.45. The monoisotopic (exact) mass is 249 g/mol. The minimum atomic E-state index is -1.75. The Bertz CT molecular complexity index is 341. The molecule has 1 heterocycles. The molecular formula is C8H4BrF2O2. The maximum absolute atomic E-state index is 12.3. The highest BCUT2D eigenvalue weighted by molar-refractivity contribution is 9.10. The lowest BCUT2D eigenvalue weighted by Crippen LogP contribution is -1.92. The van der Waals surface area contributed by atoms with Gasteiger partial charge in [0.05, 0.1) is 0 Å². The van der Waals surface area contributed by atoms with E-state index in [9.17, 15) is 8.78 Å². The van der Waals surface area contributed by atoms with Crippen molar-refractivity contribution in [2.24, 2.45) is 0 Å². The van der Waals surface area contributed by atoms with E-state index in [2.05, 4.69) is 15.9 Å². The highest BCUT2D eigenvalue weighted by atomic mass is 79.9. The van der Waals surface area contributed by atoms with E-state index >= 15 is 0 Å². The Hall–Kier alpha value is -0.840. The number of fused-ring (bicyclic) bond motifs is 1. The number of ether oxygens (including phenoxy) is 2. The second-order valence-corrected chi connectivity index (χ2v) is 3.30. The fourth-order valence-electron chi connectivity index (χ4n) is 1.06. The number of benzene rings is 1. The number of hydrogen-bond acceptors (Lipinski definition) is 2. The van der Waals surface area contributed by atoms with Crippen LogP contribution < -0.4 is 9.47 Å². The Balaban J connectivity index is 2.49. The van der Waals surface area contributed by atoms with E-state index in [0.717, 1.165) is 0 Å². The zero-order valence-electron chi connectivity index (χ0n) is 6.31. The fourth-order valence-corrected chi connectivity index (χ4v) is 1.53. The van der Waals surface area contributed by atoms with Crippen LogP contribution in [0.25, 0.3) is 0 Å². The van der Waals surface area contributed by atoms with Crippen molar-refractivity contribution in [3.05, 3.63) is 28.6 Å². The summed E-state index contributed by atoms with van der Waals surface area (Å²) in [4.78, 5) is 0. The number of halogens is 3. The van der Waals surface area contributed by atoms with E-state index in [1.54, 1.807) is 0 Å². The number of rotatable bonds is 1. The van der Waals surface area contributed by atoms with Crippen LogP contribution in [0, 0.1) is 6.43 Å². The van der Waals surface area contributed by atoms with Crippen LogP contribution in [-0.2, 0) is 0 Å². The van der Waals surface area contributed by atoms with Gasteiger partial charge in [-0.05, 0) is 12.1 Å². The Morgan fingerprint density at radius 2 is 1.85 bits per heavy atom. The molecule has 0 saturated carbocycles. The van der Waals surface area contributed by atoms with Crippen molar-refractivity contribution in [2.75, 3.05) is 6.79 Å².